The predicted molar refractivity (Wildman–Crippen MR) is 67.0 cm³/mol. The average molecular weight is 294 g/mol. The molecule has 1 unspecified atom stereocenters. The van der Waals surface area contributed by atoms with Crippen molar-refractivity contribution in [3.05, 3.63) is 0 Å². The van der Waals surface area contributed by atoms with Crippen molar-refractivity contribution in [2.75, 3.05) is 26.2 Å². The fourth-order valence-corrected chi connectivity index (χ4v) is 3.29. The molecule has 1 amide bonds. The molecule has 2 N–H and O–H groups in total. The highest BCUT2D eigenvalue weighted by molar-refractivity contribution is 5.84. The maximum Gasteiger partial charge on any atom is 0.404 e. The summed E-state index contributed by atoms with van der Waals surface area (Å²) in [6, 6.07) is -0.158. The molecular weight excluding hydrogens is 273 g/mol. The number of carbonyl (C=O) groups excluding carboxylic acids is 1. The molecule has 1 aliphatic carbocycles. The third-order valence-corrected chi connectivity index (χ3v) is 4.47. The van der Waals surface area contributed by atoms with Gasteiger partial charge < -0.3 is 15.3 Å². The van der Waals surface area contributed by atoms with Crippen molar-refractivity contribution >= 4 is 5.91 Å². The summed E-state index contributed by atoms with van der Waals surface area (Å²) in [6.07, 6.45) is -1.46. The Kier molecular flexibility index (Phi) is 4.59. The Labute approximate surface area is 116 Å². The Morgan fingerprint density at radius 2 is 2.00 bits per heavy atom. The first-order valence-corrected chi connectivity index (χ1v) is 7.12. The molecule has 0 radical (unpaired) electrons. The van der Waals surface area contributed by atoms with Crippen molar-refractivity contribution in [3.63, 3.8) is 0 Å². The summed E-state index contributed by atoms with van der Waals surface area (Å²) in [4.78, 5) is 13.8. The first-order valence-electron chi connectivity index (χ1n) is 7.12. The molecule has 1 saturated carbocycles. The van der Waals surface area contributed by atoms with E-state index in [2.05, 4.69) is 5.32 Å². The third-order valence-electron chi connectivity index (χ3n) is 4.47. The fourth-order valence-electron chi connectivity index (χ4n) is 3.29. The minimum Gasteiger partial charge on any atom is -0.395 e. The summed E-state index contributed by atoms with van der Waals surface area (Å²) < 4.78 is 40.2. The number of aliphatic hydroxyl groups is 1. The second-order valence-electron chi connectivity index (χ2n) is 5.67. The monoisotopic (exact) mass is 294 g/mol. The van der Waals surface area contributed by atoms with Crippen LogP contribution in [-0.2, 0) is 4.79 Å². The Morgan fingerprint density at radius 1 is 1.35 bits per heavy atom. The molecule has 0 aromatic rings. The van der Waals surface area contributed by atoms with Gasteiger partial charge in [0, 0.05) is 19.1 Å². The summed E-state index contributed by atoms with van der Waals surface area (Å²) in [5.74, 6) is -0.865. The van der Waals surface area contributed by atoms with E-state index in [0.29, 0.717) is 0 Å². The number of nitrogens with one attached hydrogen (secondary N) is 1. The standard InChI is InChI=1S/C13H21F3N2O2/c14-13(15,16)12(5-6-17-9-12)11(20)18(7-8-19)10-3-1-2-4-10/h10,17,19H,1-9H2. The highest BCUT2D eigenvalue weighted by Gasteiger charge is 2.62. The molecular formula is C13H21F3N2O2. The van der Waals surface area contributed by atoms with Gasteiger partial charge in [-0.05, 0) is 25.8 Å². The maximum atomic E-state index is 13.4. The molecule has 2 aliphatic rings. The van der Waals surface area contributed by atoms with E-state index < -0.39 is 17.5 Å². The summed E-state index contributed by atoms with van der Waals surface area (Å²) >= 11 is 0. The van der Waals surface area contributed by atoms with E-state index in [-0.39, 0.29) is 38.7 Å². The van der Waals surface area contributed by atoms with Crippen LogP contribution in [0.3, 0.4) is 0 Å². The molecule has 7 heteroatoms. The lowest BCUT2D eigenvalue weighted by Crippen LogP contribution is -2.56. The number of nitrogens with zero attached hydrogens (tertiary/aromatic N) is 1. The minimum atomic E-state index is -4.56. The van der Waals surface area contributed by atoms with Crippen LogP contribution in [0.5, 0.6) is 0 Å². The summed E-state index contributed by atoms with van der Waals surface area (Å²) in [6.45, 7) is -0.474. The van der Waals surface area contributed by atoms with Crippen molar-refractivity contribution in [1.82, 2.24) is 10.2 Å². The second-order valence-corrected chi connectivity index (χ2v) is 5.67. The first kappa shape index (κ1) is 15.6. The zero-order valence-electron chi connectivity index (χ0n) is 11.4. The van der Waals surface area contributed by atoms with Crippen molar-refractivity contribution < 1.29 is 23.1 Å². The van der Waals surface area contributed by atoms with E-state index in [0.717, 1.165) is 25.7 Å². The van der Waals surface area contributed by atoms with E-state index in [1.807, 2.05) is 0 Å². The maximum absolute atomic E-state index is 13.4. The Balaban J connectivity index is 2.24. The number of hydrogen-bond donors (Lipinski definition) is 2. The van der Waals surface area contributed by atoms with Crippen LogP contribution in [0.4, 0.5) is 13.2 Å². The van der Waals surface area contributed by atoms with Gasteiger partial charge in [-0.3, -0.25) is 4.79 Å². The number of alkyl halides is 3. The van der Waals surface area contributed by atoms with Gasteiger partial charge in [0.25, 0.3) is 0 Å². The molecule has 0 aromatic heterocycles. The molecule has 20 heavy (non-hydrogen) atoms. The fraction of sp³-hybridized carbons (Fsp3) is 0.923. The Hall–Kier alpha value is -0.820. The van der Waals surface area contributed by atoms with Gasteiger partial charge in [-0.25, -0.2) is 0 Å². The molecule has 1 saturated heterocycles. The zero-order valence-corrected chi connectivity index (χ0v) is 11.4. The van der Waals surface area contributed by atoms with E-state index in [4.69, 9.17) is 5.11 Å². The van der Waals surface area contributed by atoms with E-state index in [9.17, 15) is 18.0 Å². The quantitative estimate of drug-likeness (QED) is 0.821. The number of carbonyl (C=O) groups is 1. The Bertz CT molecular complexity index is 348. The largest absolute Gasteiger partial charge is 0.404 e. The predicted octanol–water partition coefficient (Wildman–Crippen LogP) is 1.29. The molecule has 2 rings (SSSR count). The van der Waals surface area contributed by atoms with Crippen LogP contribution in [-0.4, -0.2) is 54.4 Å². The smallest absolute Gasteiger partial charge is 0.395 e. The van der Waals surface area contributed by atoms with Gasteiger partial charge in [0.2, 0.25) is 5.91 Å². The highest BCUT2D eigenvalue weighted by Crippen LogP contribution is 2.45. The van der Waals surface area contributed by atoms with E-state index in [1.165, 1.54) is 4.90 Å². The van der Waals surface area contributed by atoms with Crippen LogP contribution >= 0.6 is 0 Å². The van der Waals surface area contributed by atoms with Crippen LogP contribution in [0.25, 0.3) is 0 Å². The molecule has 0 spiro atoms. The lowest BCUT2D eigenvalue weighted by molar-refractivity contribution is -0.223. The number of hydrogen-bond acceptors (Lipinski definition) is 3. The van der Waals surface area contributed by atoms with Crippen molar-refractivity contribution in [2.24, 2.45) is 5.41 Å². The summed E-state index contributed by atoms with van der Waals surface area (Å²) in [5, 5.41) is 11.7. The normalized spacial score (nSPS) is 28.0. The van der Waals surface area contributed by atoms with Crippen LogP contribution in [0.2, 0.25) is 0 Å². The molecule has 1 aliphatic heterocycles. The van der Waals surface area contributed by atoms with E-state index in [1.54, 1.807) is 0 Å². The molecule has 1 heterocycles. The van der Waals surface area contributed by atoms with Gasteiger partial charge in [-0.15, -0.1) is 0 Å². The second kappa shape index (κ2) is 5.89. The molecule has 2 fully saturated rings. The van der Waals surface area contributed by atoms with Crippen LogP contribution in [0, 0.1) is 5.41 Å². The van der Waals surface area contributed by atoms with Crippen molar-refractivity contribution in [3.8, 4) is 0 Å². The summed E-state index contributed by atoms with van der Waals surface area (Å²) in [7, 11) is 0. The van der Waals surface area contributed by atoms with Crippen molar-refractivity contribution in [1.29, 1.82) is 0 Å². The van der Waals surface area contributed by atoms with Crippen LogP contribution in [0.15, 0.2) is 0 Å². The van der Waals surface area contributed by atoms with Gasteiger partial charge in [0.1, 0.15) is 0 Å². The zero-order chi connectivity index (χ0) is 14.8. The first-order chi connectivity index (χ1) is 9.42. The van der Waals surface area contributed by atoms with Gasteiger partial charge in [0.15, 0.2) is 5.41 Å². The number of aliphatic hydroxyl groups excluding tert-OH is 1. The topological polar surface area (TPSA) is 52.6 Å². The van der Waals surface area contributed by atoms with E-state index >= 15 is 0 Å². The van der Waals surface area contributed by atoms with Gasteiger partial charge in [0.05, 0.1) is 6.61 Å². The van der Waals surface area contributed by atoms with Crippen molar-refractivity contribution in [2.45, 2.75) is 44.3 Å². The molecule has 4 nitrogen and oxygen atoms in total. The van der Waals surface area contributed by atoms with Gasteiger partial charge in [-0.1, -0.05) is 12.8 Å². The molecule has 0 aromatic carbocycles. The Morgan fingerprint density at radius 3 is 2.45 bits per heavy atom. The lowest BCUT2D eigenvalue weighted by atomic mass is 9.84. The van der Waals surface area contributed by atoms with Crippen LogP contribution in [0.1, 0.15) is 32.1 Å². The SMILES string of the molecule is O=C(N(CCO)C1CCCC1)C1(C(F)(F)F)CCNC1. The molecule has 0 bridgehead atoms. The number of amides is 1. The third kappa shape index (κ3) is 2.65. The average Bonchev–Trinajstić information content (AvgIpc) is 3.04. The lowest BCUT2D eigenvalue weighted by Gasteiger charge is -2.38. The number of rotatable bonds is 4. The molecule has 1 atom stereocenters. The highest BCUT2D eigenvalue weighted by atomic mass is 19.4. The van der Waals surface area contributed by atoms with Crippen LogP contribution < -0.4 is 5.32 Å². The number of halogens is 3. The molecule has 116 valence electrons. The minimum absolute atomic E-state index is 0.0126. The van der Waals surface area contributed by atoms with Gasteiger partial charge in [-0.2, -0.15) is 13.2 Å². The van der Waals surface area contributed by atoms with Gasteiger partial charge >= 0.3 is 6.18 Å². The summed E-state index contributed by atoms with van der Waals surface area (Å²) in [5.41, 5.74) is -2.31.